The van der Waals surface area contributed by atoms with Gasteiger partial charge >= 0.3 is 0 Å². The maximum Gasteiger partial charge on any atom is 0.142 e. The van der Waals surface area contributed by atoms with Crippen molar-refractivity contribution in [3.8, 4) is 5.75 Å². The van der Waals surface area contributed by atoms with Crippen molar-refractivity contribution in [2.75, 3.05) is 0 Å². The third kappa shape index (κ3) is 2.81. The van der Waals surface area contributed by atoms with Crippen LogP contribution in [0.1, 0.15) is 11.1 Å². The summed E-state index contributed by atoms with van der Waals surface area (Å²) in [4.78, 5) is 0. The van der Waals surface area contributed by atoms with Crippen LogP contribution in [0.3, 0.4) is 0 Å². The van der Waals surface area contributed by atoms with E-state index in [0.29, 0.717) is 22.9 Å². The van der Waals surface area contributed by atoms with Gasteiger partial charge in [-0.05, 0) is 12.1 Å². The topological polar surface area (TPSA) is 35.2 Å². The Morgan fingerprint density at radius 2 is 1.78 bits per heavy atom. The molecule has 0 saturated carbocycles. The lowest BCUT2D eigenvalue weighted by Gasteiger charge is -2.12. The molecule has 0 aliphatic carbocycles. The Bertz CT molecular complexity index is 545. The molecule has 0 aliphatic rings. The normalized spacial score (nSPS) is 10.4. The van der Waals surface area contributed by atoms with Gasteiger partial charge in [-0.2, -0.15) is 0 Å². The lowest BCUT2D eigenvalue weighted by molar-refractivity contribution is 0.297. The molecule has 2 N–H and O–H groups in total. The number of benzene rings is 2. The van der Waals surface area contributed by atoms with Crippen LogP contribution in [-0.4, -0.2) is 0 Å². The van der Waals surface area contributed by atoms with Crippen molar-refractivity contribution in [3.05, 3.63) is 64.4 Å². The molecule has 0 aromatic heterocycles. The SMILES string of the molecule is NCc1cccc(Cl)c1OCc1ccccc1F. The van der Waals surface area contributed by atoms with Crippen molar-refractivity contribution >= 4 is 11.6 Å². The Labute approximate surface area is 110 Å². The first-order valence-electron chi connectivity index (χ1n) is 5.56. The van der Waals surface area contributed by atoms with Crippen LogP contribution in [0.5, 0.6) is 5.75 Å². The van der Waals surface area contributed by atoms with E-state index in [-0.39, 0.29) is 12.4 Å². The summed E-state index contributed by atoms with van der Waals surface area (Å²) in [5, 5.41) is 0.481. The summed E-state index contributed by atoms with van der Waals surface area (Å²) < 4.78 is 19.0. The molecule has 94 valence electrons. The van der Waals surface area contributed by atoms with Gasteiger partial charge in [0.2, 0.25) is 0 Å². The highest BCUT2D eigenvalue weighted by molar-refractivity contribution is 6.32. The summed E-state index contributed by atoms with van der Waals surface area (Å²) in [7, 11) is 0. The van der Waals surface area contributed by atoms with Gasteiger partial charge in [0.25, 0.3) is 0 Å². The zero-order valence-electron chi connectivity index (χ0n) is 9.70. The Balaban J connectivity index is 2.18. The molecule has 2 rings (SSSR count). The van der Waals surface area contributed by atoms with Gasteiger partial charge in [0, 0.05) is 17.7 Å². The average molecular weight is 266 g/mol. The largest absolute Gasteiger partial charge is 0.487 e. The van der Waals surface area contributed by atoms with E-state index in [9.17, 15) is 4.39 Å². The predicted molar refractivity (Wildman–Crippen MR) is 70.1 cm³/mol. The van der Waals surface area contributed by atoms with E-state index in [1.807, 2.05) is 6.07 Å². The molecule has 0 unspecified atom stereocenters. The second kappa shape index (κ2) is 5.85. The summed E-state index contributed by atoms with van der Waals surface area (Å²) in [6, 6.07) is 11.8. The third-order valence-corrected chi connectivity index (χ3v) is 2.90. The van der Waals surface area contributed by atoms with E-state index in [1.165, 1.54) is 6.07 Å². The molecule has 0 saturated heterocycles. The maximum absolute atomic E-state index is 13.4. The number of halogens is 2. The Morgan fingerprint density at radius 1 is 1.06 bits per heavy atom. The number of nitrogens with two attached hydrogens (primary N) is 1. The highest BCUT2D eigenvalue weighted by Gasteiger charge is 2.08. The minimum absolute atomic E-state index is 0.128. The van der Waals surface area contributed by atoms with E-state index in [0.717, 1.165) is 5.56 Å². The molecule has 0 aliphatic heterocycles. The minimum Gasteiger partial charge on any atom is -0.487 e. The maximum atomic E-state index is 13.4. The van der Waals surface area contributed by atoms with Gasteiger partial charge in [0.05, 0.1) is 5.02 Å². The zero-order chi connectivity index (χ0) is 13.0. The van der Waals surface area contributed by atoms with Gasteiger partial charge in [0.1, 0.15) is 18.2 Å². The summed E-state index contributed by atoms with van der Waals surface area (Å²) >= 11 is 6.04. The van der Waals surface area contributed by atoms with Gasteiger partial charge < -0.3 is 10.5 Å². The fourth-order valence-electron chi connectivity index (χ4n) is 1.64. The molecule has 18 heavy (non-hydrogen) atoms. The van der Waals surface area contributed by atoms with E-state index in [4.69, 9.17) is 22.1 Å². The van der Waals surface area contributed by atoms with Crippen LogP contribution in [0.2, 0.25) is 5.02 Å². The molecule has 0 heterocycles. The fourth-order valence-corrected chi connectivity index (χ4v) is 1.89. The van der Waals surface area contributed by atoms with Crippen molar-refractivity contribution in [1.82, 2.24) is 0 Å². The highest BCUT2D eigenvalue weighted by Crippen LogP contribution is 2.29. The van der Waals surface area contributed by atoms with Crippen molar-refractivity contribution in [2.45, 2.75) is 13.2 Å². The van der Waals surface area contributed by atoms with Crippen LogP contribution in [0.4, 0.5) is 4.39 Å². The molecule has 2 nitrogen and oxygen atoms in total. The van der Waals surface area contributed by atoms with Crippen LogP contribution >= 0.6 is 11.6 Å². The summed E-state index contributed by atoms with van der Waals surface area (Å²) in [5.41, 5.74) is 6.90. The molecule has 0 bridgehead atoms. The Hall–Kier alpha value is -1.58. The first-order valence-corrected chi connectivity index (χ1v) is 5.94. The van der Waals surface area contributed by atoms with Gasteiger partial charge in [0.15, 0.2) is 0 Å². The number of rotatable bonds is 4. The van der Waals surface area contributed by atoms with Crippen LogP contribution in [0.15, 0.2) is 42.5 Å². The van der Waals surface area contributed by atoms with Crippen LogP contribution in [0, 0.1) is 5.82 Å². The lowest BCUT2D eigenvalue weighted by Crippen LogP contribution is -2.04. The van der Waals surface area contributed by atoms with Crippen molar-refractivity contribution < 1.29 is 9.13 Å². The number of ether oxygens (including phenoxy) is 1. The molecule has 4 heteroatoms. The van der Waals surface area contributed by atoms with Crippen LogP contribution < -0.4 is 10.5 Å². The Kier molecular flexibility index (Phi) is 4.18. The van der Waals surface area contributed by atoms with Crippen molar-refractivity contribution in [3.63, 3.8) is 0 Å². The van der Waals surface area contributed by atoms with Gasteiger partial charge in [-0.25, -0.2) is 4.39 Å². The predicted octanol–water partition coefficient (Wildman–Crippen LogP) is 3.52. The van der Waals surface area contributed by atoms with Crippen molar-refractivity contribution in [1.29, 1.82) is 0 Å². The number of hydrogen-bond donors (Lipinski definition) is 1. The van der Waals surface area contributed by atoms with E-state index >= 15 is 0 Å². The number of hydrogen-bond acceptors (Lipinski definition) is 2. The van der Waals surface area contributed by atoms with Crippen LogP contribution in [0.25, 0.3) is 0 Å². The first-order chi connectivity index (χ1) is 8.72. The molecule has 0 atom stereocenters. The van der Waals surface area contributed by atoms with Crippen LogP contribution in [-0.2, 0) is 13.2 Å². The molecular formula is C14H13ClFNO. The lowest BCUT2D eigenvalue weighted by atomic mass is 10.2. The summed E-state index contributed by atoms with van der Waals surface area (Å²) in [6.07, 6.45) is 0. The monoisotopic (exact) mass is 265 g/mol. The number of para-hydroxylation sites is 1. The average Bonchev–Trinajstić information content (AvgIpc) is 2.39. The molecule has 2 aromatic rings. The Morgan fingerprint density at radius 3 is 2.50 bits per heavy atom. The second-order valence-corrected chi connectivity index (χ2v) is 4.22. The molecule has 0 fully saturated rings. The molecule has 2 aromatic carbocycles. The van der Waals surface area contributed by atoms with E-state index < -0.39 is 0 Å². The van der Waals surface area contributed by atoms with Gasteiger partial charge in [-0.3, -0.25) is 0 Å². The van der Waals surface area contributed by atoms with Crippen molar-refractivity contribution in [2.24, 2.45) is 5.73 Å². The third-order valence-electron chi connectivity index (χ3n) is 2.60. The molecular weight excluding hydrogens is 253 g/mol. The first kappa shape index (κ1) is 12.9. The summed E-state index contributed by atoms with van der Waals surface area (Å²) in [5.74, 6) is 0.226. The zero-order valence-corrected chi connectivity index (χ0v) is 10.5. The van der Waals surface area contributed by atoms with Gasteiger partial charge in [-0.1, -0.05) is 41.9 Å². The minimum atomic E-state index is -0.293. The van der Waals surface area contributed by atoms with Gasteiger partial charge in [-0.15, -0.1) is 0 Å². The smallest absolute Gasteiger partial charge is 0.142 e. The van der Waals surface area contributed by atoms with E-state index in [2.05, 4.69) is 0 Å². The molecule has 0 amide bonds. The highest BCUT2D eigenvalue weighted by atomic mass is 35.5. The second-order valence-electron chi connectivity index (χ2n) is 3.81. The quantitative estimate of drug-likeness (QED) is 0.918. The standard InChI is InChI=1S/C14H13ClFNO/c15-12-6-3-5-10(8-17)14(12)18-9-11-4-1-2-7-13(11)16/h1-7H,8-9,17H2. The van der Waals surface area contributed by atoms with E-state index in [1.54, 1.807) is 30.3 Å². The molecule has 0 spiro atoms. The summed E-state index contributed by atoms with van der Waals surface area (Å²) in [6.45, 7) is 0.455. The molecule has 0 radical (unpaired) electrons. The fraction of sp³-hybridized carbons (Fsp3) is 0.143.